The maximum Gasteiger partial charge on any atom is 0.296 e. The number of hydrogen-bond acceptors (Lipinski definition) is 6. The second kappa shape index (κ2) is 6.85. The number of rotatable bonds is 4. The molecular formula is C20H17N3O3S. The van der Waals surface area contributed by atoms with Crippen LogP contribution in [0, 0.1) is 6.92 Å². The van der Waals surface area contributed by atoms with E-state index < -0.39 is 0 Å². The number of aromatic hydroxyl groups is 1. The molecule has 4 aromatic rings. The molecule has 0 radical (unpaired) electrons. The van der Waals surface area contributed by atoms with Gasteiger partial charge in [-0.2, -0.15) is 10.1 Å². The number of ether oxygens (including phenoxy) is 1. The van der Waals surface area contributed by atoms with Gasteiger partial charge in [0.1, 0.15) is 17.2 Å². The molecule has 0 spiro atoms. The molecule has 0 fully saturated rings. The molecule has 1 N–H and O–H groups in total. The van der Waals surface area contributed by atoms with Gasteiger partial charge >= 0.3 is 0 Å². The minimum Gasteiger partial charge on any atom is -0.508 e. The van der Waals surface area contributed by atoms with Gasteiger partial charge in [-0.25, -0.2) is 4.52 Å². The van der Waals surface area contributed by atoms with Crippen molar-refractivity contribution in [3.05, 3.63) is 75.0 Å². The van der Waals surface area contributed by atoms with E-state index in [2.05, 4.69) is 10.1 Å². The third-order valence-electron chi connectivity index (χ3n) is 4.37. The Labute approximate surface area is 159 Å². The van der Waals surface area contributed by atoms with Gasteiger partial charge in [0, 0.05) is 17.4 Å². The normalized spacial score (nSPS) is 11.0. The van der Waals surface area contributed by atoms with Crippen LogP contribution in [0.15, 0.2) is 52.6 Å². The highest BCUT2D eigenvalue weighted by Crippen LogP contribution is 2.29. The van der Waals surface area contributed by atoms with E-state index in [9.17, 15) is 9.90 Å². The van der Waals surface area contributed by atoms with Crippen molar-refractivity contribution in [3.8, 4) is 22.8 Å². The van der Waals surface area contributed by atoms with Crippen LogP contribution in [-0.2, 0) is 6.42 Å². The van der Waals surface area contributed by atoms with Gasteiger partial charge in [-0.3, -0.25) is 4.79 Å². The minimum atomic E-state index is -0.318. The Morgan fingerprint density at radius 2 is 1.96 bits per heavy atom. The Morgan fingerprint density at radius 1 is 1.19 bits per heavy atom. The lowest BCUT2D eigenvalue weighted by atomic mass is 10.1. The highest BCUT2D eigenvalue weighted by Gasteiger charge is 2.14. The number of fused-ring (bicyclic) bond motifs is 1. The summed E-state index contributed by atoms with van der Waals surface area (Å²) < 4.78 is 6.86. The molecule has 2 aromatic carbocycles. The molecule has 0 aliphatic rings. The fourth-order valence-electron chi connectivity index (χ4n) is 2.96. The second-order valence-electron chi connectivity index (χ2n) is 6.20. The Morgan fingerprint density at radius 3 is 2.67 bits per heavy atom. The van der Waals surface area contributed by atoms with Crippen LogP contribution >= 0.6 is 11.3 Å². The number of phenolic OH excluding ortho intramolecular Hbond substituents is 1. The van der Waals surface area contributed by atoms with Crippen molar-refractivity contribution in [2.24, 2.45) is 0 Å². The van der Waals surface area contributed by atoms with Gasteiger partial charge in [0.25, 0.3) is 5.56 Å². The summed E-state index contributed by atoms with van der Waals surface area (Å²) in [5.41, 5.74) is 3.73. The van der Waals surface area contributed by atoms with Crippen molar-refractivity contribution >= 4 is 16.3 Å². The van der Waals surface area contributed by atoms with Gasteiger partial charge in [-0.15, -0.1) is 11.3 Å². The Kier molecular flexibility index (Phi) is 4.37. The topological polar surface area (TPSA) is 76.7 Å². The molecule has 2 aromatic heterocycles. The molecule has 0 aliphatic carbocycles. The first-order valence-corrected chi connectivity index (χ1v) is 9.23. The quantitative estimate of drug-likeness (QED) is 0.588. The third-order valence-corrected chi connectivity index (χ3v) is 5.18. The number of benzene rings is 2. The Bertz CT molecular complexity index is 1180. The molecule has 0 bridgehead atoms. The summed E-state index contributed by atoms with van der Waals surface area (Å²) >= 11 is 1.37. The summed E-state index contributed by atoms with van der Waals surface area (Å²) in [6, 6.07) is 12.7. The van der Waals surface area contributed by atoms with Crippen molar-refractivity contribution in [2.75, 3.05) is 7.11 Å². The summed E-state index contributed by atoms with van der Waals surface area (Å²) in [5.74, 6) is 0.980. The molecule has 2 heterocycles. The minimum absolute atomic E-state index is 0.217. The van der Waals surface area contributed by atoms with E-state index >= 15 is 0 Å². The molecular weight excluding hydrogens is 362 g/mol. The molecule has 0 unspecified atom stereocenters. The van der Waals surface area contributed by atoms with Crippen LogP contribution in [0.4, 0.5) is 0 Å². The van der Waals surface area contributed by atoms with Gasteiger partial charge < -0.3 is 9.84 Å². The summed E-state index contributed by atoms with van der Waals surface area (Å²) in [7, 11) is 1.62. The summed E-state index contributed by atoms with van der Waals surface area (Å²) in [4.78, 5) is 17.1. The van der Waals surface area contributed by atoms with E-state index in [0.29, 0.717) is 17.1 Å². The average molecular weight is 379 g/mol. The van der Waals surface area contributed by atoms with Crippen LogP contribution in [0.25, 0.3) is 16.2 Å². The van der Waals surface area contributed by atoms with E-state index in [1.54, 1.807) is 23.8 Å². The summed E-state index contributed by atoms with van der Waals surface area (Å²) in [6.45, 7) is 1.92. The number of thiazole rings is 1. The SMILES string of the molecule is COc1ccc(Cc2nn3c(-c4ccc(O)cc4C)csc3nc2=O)cc1. The lowest BCUT2D eigenvalue weighted by Crippen LogP contribution is -2.18. The van der Waals surface area contributed by atoms with Crippen LogP contribution in [0.1, 0.15) is 16.8 Å². The number of nitrogens with zero attached hydrogens (tertiary/aromatic N) is 3. The van der Waals surface area contributed by atoms with Gasteiger partial charge in [-0.1, -0.05) is 12.1 Å². The standard InChI is InChI=1S/C20H17N3O3S/c1-12-9-14(24)5-8-16(12)18-11-27-20-21-19(25)17(22-23(18)20)10-13-3-6-15(26-2)7-4-13/h3-9,11,24H,10H2,1-2H3. The summed E-state index contributed by atoms with van der Waals surface area (Å²) in [5, 5.41) is 16.1. The van der Waals surface area contributed by atoms with Crippen LogP contribution in [0.5, 0.6) is 11.5 Å². The average Bonchev–Trinajstić information content (AvgIpc) is 3.05. The lowest BCUT2D eigenvalue weighted by Gasteiger charge is -2.07. The fraction of sp³-hybridized carbons (Fsp3) is 0.150. The molecule has 136 valence electrons. The molecule has 0 aliphatic heterocycles. The lowest BCUT2D eigenvalue weighted by molar-refractivity contribution is 0.414. The van der Waals surface area contributed by atoms with Gasteiger partial charge in [0.2, 0.25) is 4.96 Å². The third kappa shape index (κ3) is 3.29. The van der Waals surface area contributed by atoms with E-state index in [0.717, 1.165) is 28.1 Å². The molecule has 0 saturated carbocycles. The molecule has 0 saturated heterocycles. The van der Waals surface area contributed by atoms with Crippen LogP contribution in [-0.4, -0.2) is 26.8 Å². The number of aromatic nitrogens is 3. The van der Waals surface area contributed by atoms with E-state index in [-0.39, 0.29) is 11.3 Å². The van der Waals surface area contributed by atoms with Crippen LogP contribution in [0.2, 0.25) is 0 Å². The first-order chi connectivity index (χ1) is 13.0. The molecule has 0 atom stereocenters. The highest BCUT2D eigenvalue weighted by atomic mass is 32.1. The zero-order chi connectivity index (χ0) is 19.0. The maximum absolute atomic E-state index is 12.4. The van der Waals surface area contributed by atoms with Crippen molar-refractivity contribution < 1.29 is 9.84 Å². The highest BCUT2D eigenvalue weighted by molar-refractivity contribution is 7.15. The Balaban J connectivity index is 1.78. The largest absolute Gasteiger partial charge is 0.508 e. The predicted molar refractivity (Wildman–Crippen MR) is 105 cm³/mol. The van der Waals surface area contributed by atoms with E-state index in [1.807, 2.05) is 42.6 Å². The van der Waals surface area contributed by atoms with Crippen molar-refractivity contribution in [2.45, 2.75) is 13.3 Å². The monoisotopic (exact) mass is 379 g/mol. The second-order valence-corrected chi connectivity index (χ2v) is 7.04. The number of hydrogen-bond donors (Lipinski definition) is 1. The maximum atomic E-state index is 12.4. The van der Waals surface area contributed by atoms with Gasteiger partial charge in [0.05, 0.1) is 12.8 Å². The molecule has 27 heavy (non-hydrogen) atoms. The first kappa shape index (κ1) is 17.2. The predicted octanol–water partition coefficient (Wildman–Crippen LogP) is 3.43. The zero-order valence-electron chi connectivity index (χ0n) is 14.8. The first-order valence-electron chi connectivity index (χ1n) is 8.35. The zero-order valence-corrected chi connectivity index (χ0v) is 15.7. The van der Waals surface area contributed by atoms with Crippen molar-refractivity contribution in [3.63, 3.8) is 0 Å². The van der Waals surface area contributed by atoms with Gasteiger partial charge in [0.15, 0.2) is 0 Å². The fourth-order valence-corrected chi connectivity index (χ4v) is 3.78. The van der Waals surface area contributed by atoms with Crippen molar-refractivity contribution in [1.29, 1.82) is 0 Å². The number of methoxy groups -OCH3 is 1. The van der Waals surface area contributed by atoms with Crippen LogP contribution in [0.3, 0.4) is 0 Å². The van der Waals surface area contributed by atoms with Gasteiger partial charge in [-0.05, 0) is 48.4 Å². The molecule has 0 amide bonds. The number of phenols is 1. The smallest absolute Gasteiger partial charge is 0.296 e. The van der Waals surface area contributed by atoms with E-state index in [4.69, 9.17) is 4.74 Å². The van der Waals surface area contributed by atoms with Crippen LogP contribution < -0.4 is 10.3 Å². The Hall–Kier alpha value is -3.19. The molecule has 6 nitrogen and oxygen atoms in total. The number of aryl methyl sites for hydroxylation is 1. The summed E-state index contributed by atoms with van der Waals surface area (Å²) in [6.07, 6.45) is 0.391. The molecule has 7 heteroatoms. The molecule has 4 rings (SSSR count). The van der Waals surface area contributed by atoms with Crippen molar-refractivity contribution in [1.82, 2.24) is 14.6 Å². The van der Waals surface area contributed by atoms with E-state index in [1.165, 1.54) is 11.3 Å².